The van der Waals surface area contributed by atoms with Crippen molar-refractivity contribution in [1.29, 1.82) is 0 Å². The third-order valence-corrected chi connectivity index (χ3v) is 4.66. The summed E-state index contributed by atoms with van der Waals surface area (Å²) in [4.78, 5) is 11.6. The minimum absolute atomic E-state index is 0.186. The molecule has 1 saturated heterocycles. The molecule has 0 saturated carbocycles. The predicted octanol–water partition coefficient (Wildman–Crippen LogP) is 4.09. The highest BCUT2D eigenvalue weighted by Crippen LogP contribution is 2.41. The van der Waals surface area contributed by atoms with Crippen LogP contribution in [0.1, 0.15) is 71.4 Å². The van der Waals surface area contributed by atoms with Gasteiger partial charge in [-0.3, -0.25) is 5.32 Å². The molecule has 2 N–H and O–H groups in total. The summed E-state index contributed by atoms with van der Waals surface area (Å²) in [6, 6.07) is 4.01. The first-order valence-corrected chi connectivity index (χ1v) is 9.40. The Morgan fingerprint density at radius 1 is 1.22 bits per heavy atom. The van der Waals surface area contributed by atoms with Gasteiger partial charge in [0.25, 0.3) is 0 Å². The van der Waals surface area contributed by atoms with Gasteiger partial charge in [0.1, 0.15) is 24.7 Å². The molecule has 0 radical (unpaired) electrons. The Bertz CT molecular complexity index is 690. The first kappa shape index (κ1) is 21.5. The molecule has 5 heteroatoms. The molecule has 1 aromatic carbocycles. The summed E-state index contributed by atoms with van der Waals surface area (Å²) in [5.41, 5.74) is 2.74. The molecule has 1 aromatic rings. The van der Waals surface area contributed by atoms with Gasteiger partial charge in [0.05, 0.1) is 0 Å². The lowest BCUT2D eigenvalue weighted by Gasteiger charge is -2.29. The molecule has 1 aliphatic heterocycles. The molecule has 2 atom stereocenters. The fraction of sp³-hybridized carbons (Fsp3) is 0.591. The van der Waals surface area contributed by atoms with E-state index in [-0.39, 0.29) is 29.8 Å². The summed E-state index contributed by atoms with van der Waals surface area (Å²) in [6.45, 7) is 18.5. The number of aromatic hydroxyl groups is 1. The van der Waals surface area contributed by atoms with Gasteiger partial charge in [-0.1, -0.05) is 48.1 Å². The van der Waals surface area contributed by atoms with Gasteiger partial charge in [-0.25, -0.2) is 4.79 Å². The van der Waals surface area contributed by atoms with E-state index in [1.165, 1.54) is 0 Å². The molecule has 0 aliphatic carbocycles. The first-order valence-electron chi connectivity index (χ1n) is 9.40. The quantitative estimate of drug-likeness (QED) is 0.613. The van der Waals surface area contributed by atoms with Crippen LogP contribution in [0, 0.1) is 0 Å². The molecule has 0 amide bonds. The Morgan fingerprint density at radius 3 is 2.19 bits per heavy atom. The number of carbonyl (C=O) groups excluding carboxylic acids is 1. The van der Waals surface area contributed by atoms with E-state index < -0.39 is 5.97 Å². The number of hydrogen-bond acceptors (Lipinski definition) is 5. The van der Waals surface area contributed by atoms with Gasteiger partial charge in [0.15, 0.2) is 0 Å². The SMILES string of the molecule is C=C(C)C(=O)OCC1CNC(c2cc(C(C)(C)C)c(O)c(C(C)(C)C)c2)O1. The first-order chi connectivity index (χ1) is 12.3. The van der Waals surface area contributed by atoms with E-state index in [1.807, 2.05) is 12.1 Å². The van der Waals surface area contributed by atoms with Crippen LogP contribution in [0.4, 0.5) is 0 Å². The third-order valence-electron chi connectivity index (χ3n) is 4.66. The lowest BCUT2D eigenvalue weighted by molar-refractivity contribution is -0.142. The average Bonchev–Trinajstić information content (AvgIpc) is 2.99. The van der Waals surface area contributed by atoms with Gasteiger partial charge in [0.2, 0.25) is 0 Å². The van der Waals surface area contributed by atoms with Crippen molar-refractivity contribution in [2.24, 2.45) is 0 Å². The minimum atomic E-state index is -0.406. The van der Waals surface area contributed by atoms with Crippen LogP contribution in [-0.4, -0.2) is 30.3 Å². The number of rotatable bonds is 4. The van der Waals surface area contributed by atoms with Gasteiger partial charge in [0, 0.05) is 12.1 Å². The van der Waals surface area contributed by atoms with Crippen LogP contribution >= 0.6 is 0 Å². The van der Waals surface area contributed by atoms with E-state index in [0.29, 0.717) is 17.9 Å². The maximum Gasteiger partial charge on any atom is 0.333 e. The zero-order valence-corrected chi connectivity index (χ0v) is 17.6. The summed E-state index contributed by atoms with van der Waals surface area (Å²) in [6.07, 6.45) is -0.524. The van der Waals surface area contributed by atoms with Crippen molar-refractivity contribution in [3.63, 3.8) is 0 Å². The fourth-order valence-electron chi connectivity index (χ4n) is 3.07. The number of nitrogens with one attached hydrogen (secondary N) is 1. The van der Waals surface area contributed by atoms with Crippen molar-refractivity contribution in [3.05, 3.63) is 41.0 Å². The molecule has 1 aliphatic rings. The average molecular weight is 376 g/mol. The van der Waals surface area contributed by atoms with Crippen LogP contribution in [0.2, 0.25) is 0 Å². The number of ether oxygens (including phenoxy) is 2. The molecule has 150 valence electrons. The van der Waals surface area contributed by atoms with E-state index in [0.717, 1.165) is 16.7 Å². The Labute approximate surface area is 162 Å². The third kappa shape index (κ3) is 5.11. The van der Waals surface area contributed by atoms with Gasteiger partial charge in [-0.05, 0) is 46.6 Å². The maximum absolute atomic E-state index is 11.6. The number of phenolic OH excluding ortho intramolecular Hbond substituents is 1. The van der Waals surface area contributed by atoms with E-state index in [2.05, 4.69) is 53.4 Å². The largest absolute Gasteiger partial charge is 0.507 e. The standard InChI is InChI=1S/C22H33NO4/c1-13(2)20(25)26-12-15-11-23-19(27-15)14-9-16(21(3,4)5)18(24)17(10-14)22(6,7)8/h9-10,15,19,23-24H,1,11-12H2,2-8H3. The monoisotopic (exact) mass is 375 g/mol. The van der Waals surface area contributed by atoms with E-state index in [9.17, 15) is 9.90 Å². The molecular formula is C22H33NO4. The predicted molar refractivity (Wildman–Crippen MR) is 107 cm³/mol. The molecule has 1 fully saturated rings. The molecule has 1 heterocycles. The van der Waals surface area contributed by atoms with Gasteiger partial charge in [-0.2, -0.15) is 0 Å². The summed E-state index contributed by atoms with van der Waals surface area (Å²) >= 11 is 0. The summed E-state index contributed by atoms with van der Waals surface area (Å²) in [7, 11) is 0. The van der Waals surface area contributed by atoms with Crippen LogP contribution in [0.3, 0.4) is 0 Å². The molecular weight excluding hydrogens is 342 g/mol. The molecule has 0 bridgehead atoms. The van der Waals surface area contributed by atoms with E-state index in [4.69, 9.17) is 9.47 Å². The van der Waals surface area contributed by atoms with Crippen molar-refractivity contribution < 1.29 is 19.4 Å². The van der Waals surface area contributed by atoms with E-state index >= 15 is 0 Å². The Balaban J connectivity index is 2.26. The van der Waals surface area contributed by atoms with Crippen molar-refractivity contribution in [1.82, 2.24) is 5.32 Å². The zero-order chi connectivity index (χ0) is 20.6. The Kier molecular flexibility index (Phi) is 6.07. The summed E-state index contributed by atoms with van der Waals surface area (Å²) in [5.74, 6) is -0.0552. The lowest BCUT2D eigenvalue weighted by atomic mass is 9.78. The summed E-state index contributed by atoms with van der Waals surface area (Å²) < 4.78 is 11.3. The second kappa shape index (κ2) is 7.64. The topological polar surface area (TPSA) is 67.8 Å². The Hall–Kier alpha value is -1.85. The highest BCUT2D eigenvalue weighted by molar-refractivity contribution is 5.86. The number of hydrogen-bond donors (Lipinski definition) is 2. The second-order valence-electron chi connectivity index (χ2n) is 9.39. The van der Waals surface area contributed by atoms with Crippen LogP contribution in [-0.2, 0) is 25.1 Å². The Morgan fingerprint density at radius 2 is 1.74 bits per heavy atom. The molecule has 2 unspecified atom stereocenters. The number of benzene rings is 1. The molecule has 0 aromatic heterocycles. The zero-order valence-electron chi connectivity index (χ0n) is 17.6. The normalized spacial score (nSPS) is 20.6. The van der Waals surface area contributed by atoms with Gasteiger partial charge >= 0.3 is 5.97 Å². The van der Waals surface area contributed by atoms with E-state index in [1.54, 1.807) is 6.92 Å². The van der Waals surface area contributed by atoms with Gasteiger partial charge < -0.3 is 14.6 Å². The van der Waals surface area contributed by atoms with Crippen molar-refractivity contribution in [2.75, 3.05) is 13.2 Å². The van der Waals surface area contributed by atoms with Crippen molar-refractivity contribution in [2.45, 2.75) is 71.6 Å². The van der Waals surface area contributed by atoms with Crippen LogP contribution in [0.5, 0.6) is 5.75 Å². The smallest absolute Gasteiger partial charge is 0.333 e. The molecule has 0 spiro atoms. The fourth-order valence-corrected chi connectivity index (χ4v) is 3.07. The lowest BCUT2D eigenvalue weighted by Crippen LogP contribution is -2.22. The second-order valence-corrected chi connectivity index (χ2v) is 9.39. The number of carbonyl (C=O) groups is 1. The van der Waals surface area contributed by atoms with Crippen molar-refractivity contribution in [3.8, 4) is 5.75 Å². The van der Waals surface area contributed by atoms with Crippen LogP contribution < -0.4 is 5.32 Å². The highest BCUT2D eigenvalue weighted by Gasteiger charge is 2.32. The highest BCUT2D eigenvalue weighted by atomic mass is 16.6. The summed E-state index contributed by atoms with van der Waals surface area (Å²) in [5, 5.41) is 14.2. The van der Waals surface area contributed by atoms with Crippen LogP contribution in [0.15, 0.2) is 24.3 Å². The van der Waals surface area contributed by atoms with Crippen LogP contribution in [0.25, 0.3) is 0 Å². The number of esters is 1. The molecule has 2 rings (SSSR count). The van der Waals surface area contributed by atoms with Crippen molar-refractivity contribution >= 4 is 5.97 Å². The molecule has 5 nitrogen and oxygen atoms in total. The number of phenols is 1. The minimum Gasteiger partial charge on any atom is -0.507 e. The van der Waals surface area contributed by atoms with Gasteiger partial charge in [-0.15, -0.1) is 0 Å². The molecule has 27 heavy (non-hydrogen) atoms. The maximum atomic E-state index is 11.6.